The van der Waals surface area contributed by atoms with Gasteiger partial charge in [0.05, 0.1) is 36.2 Å². The van der Waals surface area contributed by atoms with Crippen molar-refractivity contribution in [1.29, 1.82) is 0 Å². The van der Waals surface area contributed by atoms with Crippen LogP contribution in [0.4, 0.5) is 0 Å². The van der Waals surface area contributed by atoms with Crippen LogP contribution in [0.5, 0.6) is 0 Å². The summed E-state index contributed by atoms with van der Waals surface area (Å²) in [5.41, 5.74) is 1.48. The number of carbonyl (C=O) groups is 1. The van der Waals surface area contributed by atoms with Gasteiger partial charge in [0.25, 0.3) is 0 Å². The van der Waals surface area contributed by atoms with Crippen molar-refractivity contribution in [3.05, 3.63) is 52.9 Å². The Morgan fingerprint density at radius 1 is 1.39 bits per heavy atom. The zero-order valence-electron chi connectivity index (χ0n) is 13.3. The van der Waals surface area contributed by atoms with E-state index in [1.165, 1.54) is 18.1 Å². The number of benzene rings is 1. The third-order valence-corrected chi connectivity index (χ3v) is 5.08. The fourth-order valence-electron chi connectivity index (χ4n) is 2.38. The lowest BCUT2D eigenvalue weighted by molar-refractivity contribution is 0.0596. The number of aromatic nitrogens is 1. The SMILES string of the molecule is COC(=O)c1ccoc1CN(C)[C@@H](C)c1nc2ccccc2s1. The van der Waals surface area contributed by atoms with Crippen LogP contribution in [0, 0.1) is 0 Å². The largest absolute Gasteiger partial charge is 0.467 e. The van der Waals surface area contributed by atoms with Crippen LogP contribution < -0.4 is 0 Å². The number of methoxy groups -OCH3 is 1. The number of hydrogen-bond acceptors (Lipinski definition) is 6. The van der Waals surface area contributed by atoms with Gasteiger partial charge in [-0.15, -0.1) is 11.3 Å². The third kappa shape index (κ3) is 3.13. The number of para-hydroxylation sites is 1. The summed E-state index contributed by atoms with van der Waals surface area (Å²) in [5.74, 6) is 0.224. The summed E-state index contributed by atoms with van der Waals surface area (Å²) >= 11 is 1.69. The molecule has 0 radical (unpaired) electrons. The van der Waals surface area contributed by atoms with E-state index < -0.39 is 0 Å². The number of rotatable bonds is 5. The first kappa shape index (κ1) is 15.7. The molecular formula is C17H18N2O3S. The number of carbonyl (C=O) groups excluding carboxylic acids is 1. The maximum Gasteiger partial charge on any atom is 0.341 e. The molecule has 2 heterocycles. The van der Waals surface area contributed by atoms with Crippen molar-refractivity contribution in [2.24, 2.45) is 0 Å². The lowest BCUT2D eigenvalue weighted by Crippen LogP contribution is -2.22. The number of furan rings is 1. The van der Waals surface area contributed by atoms with Gasteiger partial charge >= 0.3 is 5.97 Å². The first-order chi connectivity index (χ1) is 11.1. The van der Waals surface area contributed by atoms with Crippen molar-refractivity contribution in [3.8, 4) is 0 Å². The zero-order valence-corrected chi connectivity index (χ0v) is 14.1. The number of esters is 1. The second-order valence-electron chi connectivity index (χ2n) is 5.36. The van der Waals surface area contributed by atoms with Crippen molar-refractivity contribution < 1.29 is 13.9 Å². The summed E-state index contributed by atoms with van der Waals surface area (Å²) in [6, 6.07) is 9.85. The Kier molecular flexibility index (Phi) is 4.45. The molecule has 0 bridgehead atoms. The average molecular weight is 330 g/mol. The molecule has 0 N–H and O–H groups in total. The first-order valence-electron chi connectivity index (χ1n) is 7.30. The third-order valence-electron chi connectivity index (χ3n) is 3.87. The standard InChI is InChI=1S/C17H18N2O3S/c1-11(16-18-13-6-4-5-7-15(13)23-16)19(2)10-14-12(8-9-22-14)17(20)21-3/h4-9,11H,10H2,1-3H3/t11-/m0/s1. The van der Waals surface area contributed by atoms with E-state index in [0.29, 0.717) is 17.9 Å². The maximum absolute atomic E-state index is 11.7. The summed E-state index contributed by atoms with van der Waals surface area (Å²) in [5, 5.41) is 1.04. The van der Waals surface area contributed by atoms with E-state index in [9.17, 15) is 4.79 Å². The maximum atomic E-state index is 11.7. The lowest BCUT2D eigenvalue weighted by Gasteiger charge is -2.22. The monoisotopic (exact) mass is 330 g/mol. The van der Waals surface area contributed by atoms with E-state index in [-0.39, 0.29) is 12.0 Å². The van der Waals surface area contributed by atoms with Gasteiger partial charge in [0.2, 0.25) is 0 Å². The Morgan fingerprint density at radius 2 is 2.17 bits per heavy atom. The number of nitrogens with zero attached hydrogens (tertiary/aromatic N) is 2. The summed E-state index contributed by atoms with van der Waals surface area (Å²) in [6.45, 7) is 2.60. The second kappa shape index (κ2) is 6.52. The highest BCUT2D eigenvalue weighted by Gasteiger charge is 2.21. The number of hydrogen-bond donors (Lipinski definition) is 0. The Balaban J connectivity index is 1.78. The predicted molar refractivity (Wildman–Crippen MR) is 89.5 cm³/mol. The molecular weight excluding hydrogens is 312 g/mol. The fraction of sp³-hybridized carbons (Fsp3) is 0.294. The van der Waals surface area contributed by atoms with Crippen molar-refractivity contribution in [1.82, 2.24) is 9.88 Å². The Morgan fingerprint density at radius 3 is 2.91 bits per heavy atom. The first-order valence-corrected chi connectivity index (χ1v) is 8.12. The van der Waals surface area contributed by atoms with Crippen LogP contribution in [0.2, 0.25) is 0 Å². The summed E-state index contributed by atoms with van der Waals surface area (Å²) in [6.07, 6.45) is 1.51. The van der Waals surface area contributed by atoms with Crippen LogP contribution in [0.1, 0.15) is 34.1 Å². The van der Waals surface area contributed by atoms with Gasteiger partial charge in [0.1, 0.15) is 16.3 Å². The highest BCUT2D eigenvalue weighted by molar-refractivity contribution is 7.18. The van der Waals surface area contributed by atoms with Gasteiger partial charge in [-0.05, 0) is 32.2 Å². The molecule has 23 heavy (non-hydrogen) atoms. The molecule has 0 aliphatic heterocycles. The molecule has 0 amide bonds. The predicted octanol–water partition coefficient (Wildman–Crippen LogP) is 3.87. The Labute approximate surface area is 138 Å². The van der Waals surface area contributed by atoms with Gasteiger partial charge in [-0.2, -0.15) is 0 Å². The normalized spacial score (nSPS) is 12.7. The molecule has 2 aromatic heterocycles. The number of ether oxygens (including phenoxy) is 1. The van der Waals surface area contributed by atoms with Crippen LogP contribution in [0.25, 0.3) is 10.2 Å². The molecule has 0 saturated carbocycles. The lowest BCUT2D eigenvalue weighted by atomic mass is 10.2. The van der Waals surface area contributed by atoms with Crippen LogP contribution in [-0.4, -0.2) is 30.0 Å². The van der Waals surface area contributed by atoms with Gasteiger partial charge in [-0.25, -0.2) is 9.78 Å². The molecule has 0 saturated heterocycles. The molecule has 6 heteroatoms. The van der Waals surface area contributed by atoms with E-state index in [1.54, 1.807) is 17.4 Å². The highest BCUT2D eigenvalue weighted by Crippen LogP contribution is 2.29. The van der Waals surface area contributed by atoms with Crippen molar-refractivity contribution in [2.75, 3.05) is 14.2 Å². The zero-order chi connectivity index (χ0) is 16.4. The van der Waals surface area contributed by atoms with E-state index >= 15 is 0 Å². The summed E-state index contributed by atoms with van der Waals surface area (Å²) < 4.78 is 11.4. The van der Waals surface area contributed by atoms with Crippen LogP contribution in [-0.2, 0) is 11.3 Å². The second-order valence-corrected chi connectivity index (χ2v) is 6.42. The topological polar surface area (TPSA) is 55.6 Å². The van der Waals surface area contributed by atoms with Gasteiger partial charge in [-0.1, -0.05) is 12.1 Å². The van der Waals surface area contributed by atoms with Gasteiger partial charge in [-0.3, -0.25) is 4.90 Å². The highest BCUT2D eigenvalue weighted by atomic mass is 32.1. The van der Waals surface area contributed by atoms with Gasteiger partial charge in [0, 0.05) is 0 Å². The van der Waals surface area contributed by atoms with Crippen molar-refractivity contribution in [2.45, 2.75) is 19.5 Å². The Hall–Kier alpha value is -2.18. The minimum atomic E-state index is -0.380. The van der Waals surface area contributed by atoms with Gasteiger partial charge in [0.15, 0.2) is 0 Å². The average Bonchev–Trinajstić information content (AvgIpc) is 3.19. The minimum Gasteiger partial charge on any atom is -0.467 e. The molecule has 0 spiro atoms. The molecule has 5 nitrogen and oxygen atoms in total. The molecule has 1 aromatic carbocycles. The Bertz CT molecular complexity index is 791. The fourth-order valence-corrected chi connectivity index (χ4v) is 3.46. The smallest absolute Gasteiger partial charge is 0.341 e. The number of fused-ring (bicyclic) bond motifs is 1. The molecule has 1 atom stereocenters. The summed E-state index contributed by atoms with van der Waals surface area (Å²) in [4.78, 5) is 18.5. The molecule has 120 valence electrons. The molecule has 3 rings (SSSR count). The molecule has 3 aromatic rings. The van der Waals surface area contributed by atoms with Crippen LogP contribution in [0.15, 0.2) is 41.0 Å². The van der Waals surface area contributed by atoms with Crippen LogP contribution in [0.3, 0.4) is 0 Å². The molecule has 0 unspecified atom stereocenters. The number of thiazole rings is 1. The van der Waals surface area contributed by atoms with E-state index in [4.69, 9.17) is 14.1 Å². The van der Waals surface area contributed by atoms with E-state index in [0.717, 1.165) is 10.5 Å². The van der Waals surface area contributed by atoms with E-state index in [1.807, 2.05) is 25.2 Å². The minimum absolute atomic E-state index is 0.114. The van der Waals surface area contributed by atoms with Crippen LogP contribution >= 0.6 is 11.3 Å². The quantitative estimate of drug-likeness (QED) is 0.665. The molecule has 0 fully saturated rings. The van der Waals surface area contributed by atoms with Gasteiger partial charge < -0.3 is 9.15 Å². The molecule has 0 aliphatic rings. The van der Waals surface area contributed by atoms with Crippen molar-refractivity contribution >= 4 is 27.5 Å². The molecule has 0 aliphatic carbocycles. The van der Waals surface area contributed by atoms with E-state index in [2.05, 4.69) is 17.9 Å². The van der Waals surface area contributed by atoms with Crippen molar-refractivity contribution in [3.63, 3.8) is 0 Å². The summed E-state index contributed by atoms with van der Waals surface area (Å²) in [7, 11) is 3.35.